The Kier molecular flexibility index (Phi) is 5.06. The molecular weight excluding hydrogens is 364 g/mol. The fourth-order valence-electron chi connectivity index (χ4n) is 5.18. The molecule has 0 radical (unpaired) electrons. The van der Waals surface area contributed by atoms with Gasteiger partial charge in [-0.2, -0.15) is 0 Å². The number of amides is 1. The van der Waals surface area contributed by atoms with E-state index in [1.54, 1.807) is 18.7 Å². The summed E-state index contributed by atoms with van der Waals surface area (Å²) in [7, 11) is 0. The van der Waals surface area contributed by atoms with E-state index in [1.165, 1.54) is 30.8 Å². The minimum atomic E-state index is -1.02. The highest BCUT2D eigenvalue weighted by atomic mass is 32.2. The Morgan fingerprint density at radius 2 is 1.85 bits per heavy atom. The van der Waals surface area contributed by atoms with Gasteiger partial charge < -0.3 is 20.0 Å². The standard InChI is InChI=1S/C20H30N2O4S/c1-10-4-6-21(7-5-10)13-8-14(9-13)27-18-11(2)16-15(12(3)23)19(24)22(16)17(18)20(25)26/h10-16,23H,4-9H2,1-3H3,(H,25,26)/t11-,12-,13?,14?,15-,16-/m1/s1. The summed E-state index contributed by atoms with van der Waals surface area (Å²) in [5.74, 6) is -0.933. The highest BCUT2D eigenvalue weighted by Crippen LogP contribution is 2.53. The van der Waals surface area contributed by atoms with E-state index in [4.69, 9.17) is 0 Å². The van der Waals surface area contributed by atoms with Gasteiger partial charge in [-0.25, -0.2) is 4.79 Å². The number of β-lactam (4-membered cyclic amide) rings is 1. The van der Waals surface area contributed by atoms with E-state index < -0.39 is 18.0 Å². The van der Waals surface area contributed by atoms with Gasteiger partial charge in [0, 0.05) is 22.1 Å². The second-order valence-corrected chi connectivity index (χ2v) is 10.2. The lowest BCUT2D eigenvalue weighted by atomic mass is 9.79. The van der Waals surface area contributed by atoms with E-state index in [0.717, 1.165) is 23.7 Å². The van der Waals surface area contributed by atoms with Gasteiger partial charge in [0.25, 0.3) is 0 Å². The summed E-state index contributed by atoms with van der Waals surface area (Å²) < 4.78 is 0. The Morgan fingerprint density at radius 1 is 1.22 bits per heavy atom. The number of rotatable bonds is 5. The number of carbonyl (C=O) groups is 2. The fraction of sp³-hybridized carbons (Fsp3) is 0.800. The van der Waals surface area contributed by atoms with Crippen LogP contribution in [0.4, 0.5) is 0 Å². The van der Waals surface area contributed by atoms with Crippen molar-refractivity contribution in [1.29, 1.82) is 0 Å². The predicted octanol–water partition coefficient (Wildman–Crippen LogP) is 2.14. The fourth-order valence-corrected chi connectivity index (χ4v) is 6.83. The van der Waals surface area contributed by atoms with E-state index in [9.17, 15) is 19.8 Å². The number of carboxylic acid groups (broad SMARTS) is 1. The Balaban J connectivity index is 1.42. The number of hydrogen-bond donors (Lipinski definition) is 2. The molecule has 2 N–H and O–H groups in total. The van der Waals surface area contributed by atoms with Gasteiger partial charge in [0.05, 0.1) is 18.1 Å². The van der Waals surface area contributed by atoms with Crippen LogP contribution in [0.1, 0.15) is 46.5 Å². The lowest BCUT2D eigenvalue weighted by molar-refractivity contribution is -0.163. The zero-order chi connectivity index (χ0) is 19.5. The number of aliphatic hydroxyl groups excluding tert-OH is 1. The third-order valence-electron chi connectivity index (χ3n) is 7.01. The van der Waals surface area contributed by atoms with Gasteiger partial charge in [-0.3, -0.25) is 4.79 Å². The van der Waals surface area contributed by atoms with Gasteiger partial charge in [0.2, 0.25) is 5.91 Å². The van der Waals surface area contributed by atoms with E-state index in [2.05, 4.69) is 11.8 Å². The monoisotopic (exact) mass is 394 g/mol. The number of thioether (sulfide) groups is 1. The Hall–Kier alpha value is -1.05. The smallest absolute Gasteiger partial charge is 0.353 e. The Bertz CT molecular complexity index is 665. The number of hydrogen-bond acceptors (Lipinski definition) is 5. The molecule has 27 heavy (non-hydrogen) atoms. The minimum Gasteiger partial charge on any atom is -0.477 e. The van der Waals surface area contributed by atoms with Crippen LogP contribution in [0, 0.1) is 17.8 Å². The SMILES string of the molecule is CC1CCN(C2CC(SC3=C(C(=O)O)N4C(=O)[C@H]([C@@H](C)O)[C@H]4[C@H]3C)C2)CC1. The van der Waals surface area contributed by atoms with E-state index in [0.29, 0.717) is 11.3 Å². The number of fused-ring (bicyclic) bond motifs is 1. The number of carbonyl (C=O) groups excluding carboxylic acids is 1. The van der Waals surface area contributed by atoms with Crippen LogP contribution in [-0.4, -0.2) is 68.4 Å². The highest BCUT2D eigenvalue weighted by molar-refractivity contribution is 8.03. The third-order valence-corrected chi connectivity index (χ3v) is 8.55. The van der Waals surface area contributed by atoms with Crippen molar-refractivity contribution in [2.45, 2.75) is 69.9 Å². The lowest BCUT2D eigenvalue weighted by Gasteiger charge is -2.46. The van der Waals surface area contributed by atoms with Crippen LogP contribution in [0.3, 0.4) is 0 Å². The molecule has 3 fully saturated rings. The molecule has 3 heterocycles. The van der Waals surface area contributed by atoms with Crippen molar-refractivity contribution in [2.24, 2.45) is 17.8 Å². The van der Waals surface area contributed by atoms with E-state index >= 15 is 0 Å². The van der Waals surface area contributed by atoms with Crippen LogP contribution < -0.4 is 0 Å². The second-order valence-electron chi connectivity index (χ2n) is 8.86. The largest absolute Gasteiger partial charge is 0.477 e. The first-order valence-corrected chi connectivity index (χ1v) is 11.1. The average molecular weight is 395 g/mol. The van der Waals surface area contributed by atoms with Crippen molar-refractivity contribution >= 4 is 23.6 Å². The van der Waals surface area contributed by atoms with E-state index in [-0.39, 0.29) is 23.6 Å². The van der Waals surface area contributed by atoms with Crippen LogP contribution in [0.2, 0.25) is 0 Å². The van der Waals surface area contributed by atoms with Crippen LogP contribution in [-0.2, 0) is 9.59 Å². The van der Waals surface area contributed by atoms with Crippen molar-refractivity contribution in [2.75, 3.05) is 13.1 Å². The van der Waals surface area contributed by atoms with Crippen molar-refractivity contribution in [3.63, 3.8) is 0 Å². The van der Waals surface area contributed by atoms with Gasteiger partial charge in [-0.15, -0.1) is 11.8 Å². The molecule has 7 heteroatoms. The molecule has 0 bridgehead atoms. The summed E-state index contributed by atoms with van der Waals surface area (Å²) in [6.07, 6.45) is 4.01. The van der Waals surface area contributed by atoms with Crippen molar-refractivity contribution < 1.29 is 19.8 Å². The summed E-state index contributed by atoms with van der Waals surface area (Å²) in [5, 5.41) is 20.1. The first kappa shape index (κ1) is 19.3. The number of nitrogens with zero attached hydrogens (tertiary/aromatic N) is 2. The maximum atomic E-state index is 12.4. The Labute approximate surface area is 165 Å². The minimum absolute atomic E-state index is 0.0201. The number of piperidine rings is 1. The summed E-state index contributed by atoms with van der Waals surface area (Å²) in [5.41, 5.74) is 0.162. The predicted molar refractivity (Wildman–Crippen MR) is 104 cm³/mol. The van der Waals surface area contributed by atoms with Crippen LogP contribution >= 0.6 is 11.8 Å². The molecule has 2 saturated heterocycles. The normalized spacial score (nSPS) is 38.4. The average Bonchev–Trinajstić information content (AvgIpc) is 2.80. The molecule has 0 aromatic carbocycles. The molecule has 6 nitrogen and oxygen atoms in total. The third kappa shape index (κ3) is 3.12. The molecule has 0 aromatic heterocycles. The summed E-state index contributed by atoms with van der Waals surface area (Å²) in [6, 6.07) is 0.426. The molecule has 4 aliphatic rings. The molecule has 4 atom stereocenters. The first-order valence-electron chi connectivity index (χ1n) is 10.2. The van der Waals surface area contributed by atoms with Crippen molar-refractivity contribution in [3.8, 4) is 0 Å². The zero-order valence-corrected chi connectivity index (χ0v) is 17.1. The second kappa shape index (κ2) is 7.08. The maximum absolute atomic E-state index is 12.4. The molecule has 0 unspecified atom stereocenters. The maximum Gasteiger partial charge on any atom is 0.353 e. The van der Waals surface area contributed by atoms with Crippen LogP contribution in [0.25, 0.3) is 0 Å². The molecule has 3 aliphatic heterocycles. The van der Waals surface area contributed by atoms with Crippen LogP contribution in [0.15, 0.2) is 10.6 Å². The molecule has 0 aromatic rings. The number of aliphatic carboxylic acids is 1. The Morgan fingerprint density at radius 3 is 2.41 bits per heavy atom. The van der Waals surface area contributed by atoms with Crippen molar-refractivity contribution in [1.82, 2.24) is 9.80 Å². The molecule has 1 amide bonds. The molecule has 150 valence electrons. The lowest BCUT2D eigenvalue weighted by Crippen LogP contribution is -2.63. The zero-order valence-electron chi connectivity index (χ0n) is 16.3. The number of aliphatic hydroxyl groups is 1. The summed E-state index contributed by atoms with van der Waals surface area (Å²) >= 11 is 1.67. The van der Waals surface area contributed by atoms with Crippen molar-refractivity contribution in [3.05, 3.63) is 10.6 Å². The number of likely N-dealkylation sites (tertiary alicyclic amines) is 1. The van der Waals surface area contributed by atoms with Gasteiger partial charge in [-0.1, -0.05) is 13.8 Å². The van der Waals surface area contributed by atoms with Gasteiger partial charge in [0.15, 0.2) is 0 Å². The topological polar surface area (TPSA) is 81.1 Å². The number of carboxylic acids is 1. The molecule has 0 spiro atoms. The molecular formula is C20H30N2O4S. The molecule has 1 aliphatic carbocycles. The quantitative estimate of drug-likeness (QED) is 0.696. The summed E-state index contributed by atoms with van der Waals surface area (Å²) in [4.78, 5) is 29.1. The highest BCUT2D eigenvalue weighted by Gasteiger charge is 2.60. The van der Waals surface area contributed by atoms with E-state index in [1.807, 2.05) is 6.92 Å². The van der Waals surface area contributed by atoms with Gasteiger partial charge in [0.1, 0.15) is 5.70 Å². The molecule has 4 rings (SSSR count). The molecule has 1 saturated carbocycles. The summed E-state index contributed by atoms with van der Waals surface area (Å²) in [6.45, 7) is 8.31. The first-order chi connectivity index (χ1) is 12.8. The van der Waals surface area contributed by atoms with Gasteiger partial charge >= 0.3 is 5.97 Å². The van der Waals surface area contributed by atoms with Gasteiger partial charge in [-0.05, 0) is 51.6 Å². The van der Waals surface area contributed by atoms with Crippen LogP contribution in [0.5, 0.6) is 0 Å².